The molecule has 0 aromatic carbocycles. The van der Waals surface area contributed by atoms with Crippen molar-refractivity contribution >= 4 is 5.91 Å². The first-order valence-electron chi connectivity index (χ1n) is 6.38. The average molecular weight is 226 g/mol. The highest BCUT2D eigenvalue weighted by Crippen LogP contribution is 2.26. The van der Waals surface area contributed by atoms with Crippen LogP contribution in [0.2, 0.25) is 0 Å². The molecule has 0 aromatic rings. The van der Waals surface area contributed by atoms with E-state index in [2.05, 4.69) is 31.0 Å². The summed E-state index contributed by atoms with van der Waals surface area (Å²) in [7, 11) is 0. The van der Waals surface area contributed by atoms with Gasteiger partial charge in [-0.3, -0.25) is 4.79 Å². The number of unbranched alkanes of at least 4 members (excludes halogenated alkanes) is 1. The van der Waals surface area contributed by atoms with Gasteiger partial charge in [-0.1, -0.05) is 13.3 Å². The number of hydrogen-bond donors (Lipinski definition) is 1. The molecule has 1 heterocycles. The molecule has 0 aliphatic carbocycles. The number of nitrogens with zero attached hydrogens (tertiary/aromatic N) is 1. The monoisotopic (exact) mass is 226 g/mol. The molecule has 94 valence electrons. The number of amides is 1. The van der Waals surface area contributed by atoms with E-state index in [4.69, 9.17) is 0 Å². The first-order chi connectivity index (χ1) is 7.31. The van der Waals surface area contributed by atoms with Gasteiger partial charge in [0.1, 0.15) is 0 Å². The molecule has 1 N–H and O–H groups in total. The van der Waals surface area contributed by atoms with Gasteiger partial charge in [-0.2, -0.15) is 0 Å². The van der Waals surface area contributed by atoms with E-state index in [0.717, 1.165) is 32.4 Å². The Morgan fingerprint density at radius 2 is 1.94 bits per heavy atom. The first-order valence-corrected chi connectivity index (χ1v) is 6.38. The molecule has 0 radical (unpaired) electrons. The summed E-state index contributed by atoms with van der Waals surface area (Å²) in [6, 6.07) is 0. The van der Waals surface area contributed by atoms with Gasteiger partial charge >= 0.3 is 0 Å². The zero-order valence-electron chi connectivity index (χ0n) is 11.4. The Morgan fingerprint density at radius 3 is 2.50 bits per heavy atom. The zero-order valence-corrected chi connectivity index (χ0v) is 11.4. The normalized spacial score (nSPS) is 24.3. The summed E-state index contributed by atoms with van der Waals surface area (Å²) in [5.74, 6) is 0.239. The van der Waals surface area contributed by atoms with E-state index in [9.17, 15) is 4.79 Å². The van der Waals surface area contributed by atoms with Crippen LogP contribution in [-0.4, -0.2) is 35.0 Å². The second-order valence-corrected chi connectivity index (χ2v) is 5.92. The van der Waals surface area contributed by atoms with E-state index in [1.165, 1.54) is 0 Å². The van der Waals surface area contributed by atoms with E-state index in [1.807, 2.05) is 13.8 Å². The van der Waals surface area contributed by atoms with Crippen molar-refractivity contribution in [3.63, 3.8) is 0 Å². The molecular weight excluding hydrogens is 200 g/mol. The third-order valence-electron chi connectivity index (χ3n) is 3.55. The summed E-state index contributed by atoms with van der Waals surface area (Å²) in [5, 5.41) is 3.34. The third kappa shape index (κ3) is 2.76. The van der Waals surface area contributed by atoms with Gasteiger partial charge in [-0.15, -0.1) is 0 Å². The average Bonchev–Trinajstić information content (AvgIpc) is 2.22. The molecule has 1 rings (SSSR count). The van der Waals surface area contributed by atoms with E-state index in [0.29, 0.717) is 0 Å². The maximum atomic E-state index is 12.5. The molecule has 0 atom stereocenters. The maximum Gasteiger partial charge on any atom is 0.242 e. The van der Waals surface area contributed by atoms with Crippen molar-refractivity contribution in [2.24, 2.45) is 0 Å². The first kappa shape index (κ1) is 13.5. The Hall–Kier alpha value is -0.570. The number of rotatable bonds is 3. The standard InChI is InChI=1S/C13H26N2O/c1-6-7-10-15-11(16)13(4,5)14-9-8-12(15,2)3/h14H,6-10H2,1-5H3. The van der Waals surface area contributed by atoms with Crippen LogP contribution in [0.4, 0.5) is 0 Å². The Bertz CT molecular complexity index is 259. The van der Waals surface area contributed by atoms with Crippen LogP contribution in [-0.2, 0) is 4.79 Å². The molecule has 0 unspecified atom stereocenters. The lowest BCUT2D eigenvalue weighted by Gasteiger charge is -2.39. The van der Waals surface area contributed by atoms with Gasteiger partial charge in [0.25, 0.3) is 0 Å². The van der Waals surface area contributed by atoms with Crippen molar-refractivity contribution in [1.29, 1.82) is 0 Å². The molecular formula is C13H26N2O. The van der Waals surface area contributed by atoms with Crippen molar-refractivity contribution in [3.05, 3.63) is 0 Å². The highest BCUT2D eigenvalue weighted by atomic mass is 16.2. The number of nitrogens with one attached hydrogen (secondary N) is 1. The fraction of sp³-hybridized carbons (Fsp3) is 0.923. The van der Waals surface area contributed by atoms with Crippen molar-refractivity contribution in [1.82, 2.24) is 10.2 Å². The topological polar surface area (TPSA) is 32.3 Å². The van der Waals surface area contributed by atoms with Gasteiger partial charge in [0.2, 0.25) is 5.91 Å². The maximum absolute atomic E-state index is 12.5. The highest BCUT2D eigenvalue weighted by molar-refractivity contribution is 5.86. The molecule has 1 amide bonds. The smallest absolute Gasteiger partial charge is 0.242 e. The van der Waals surface area contributed by atoms with E-state index < -0.39 is 5.54 Å². The van der Waals surface area contributed by atoms with Crippen LogP contribution < -0.4 is 5.32 Å². The predicted molar refractivity (Wildman–Crippen MR) is 67.4 cm³/mol. The summed E-state index contributed by atoms with van der Waals surface area (Å²) < 4.78 is 0. The second-order valence-electron chi connectivity index (χ2n) is 5.92. The molecule has 0 bridgehead atoms. The predicted octanol–water partition coefficient (Wildman–Crippen LogP) is 2.17. The van der Waals surface area contributed by atoms with Crippen molar-refractivity contribution in [2.75, 3.05) is 13.1 Å². The lowest BCUT2D eigenvalue weighted by molar-refractivity contribution is -0.141. The van der Waals surface area contributed by atoms with Crippen LogP contribution in [0.1, 0.15) is 53.9 Å². The van der Waals surface area contributed by atoms with Gasteiger partial charge in [0.15, 0.2) is 0 Å². The summed E-state index contributed by atoms with van der Waals surface area (Å²) in [5.41, 5.74) is -0.436. The molecule has 1 aliphatic heterocycles. The largest absolute Gasteiger partial charge is 0.336 e. The Balaban J connectivity index is 2.89. The number of carbonyl (C=O) groups excluding carboxylic acids is 1. The minimum Gasteiger partial charge on any atom is -0.336 e. The summed E-state index contributed by atoms with van der Waals surface area (Å²) in [4.78, 5) is 14.5. The molecule has 16 heavy (non-hydrogen) atoms. The molecule has 3 nitrogen and oxygen atoms in total. The minimum atomic E-state index is -0.415. The number of hydrogen-bond acceptors (Lipinski definition) is 2. The minimum absolute atomic E-state index is 0.0208. The molecule has 1 fully saturated rings. The van der Waals surface area contributed by atoms with Crippen LogP contribution in [0.25, 0.3) is 0 Å². The molecule has 0 spiro atoms. The highest BCUT2D eigenvalue weighted by Gasteiger charge is 2.41. The van der Waals surface area contributed by atoms with Crippen LogP contribution in [0, 0.1) is 0 Å². The molecule has 0 aromatic heterocycles. The van der Waals surface area contributed by atoms with Gasteiger partial charge in [0.05, 0.1) is 5.54 Å². The fourth-order valence-corrected chi connectivity index (χ4v) is 2.22. The van der Waals surface area contributed by atoms with E-state index in [-0.39, 0.29) is 11.4 Å². The molecule has 1 aliphatic rings. The third-order valence-corrected chi connectivity index (χ3v) is 3.55. The van der Waals surface area contributed by atoms with Crippen LogP contribution in [0.3, 0.4) is 0 Å². The van der Waals surface area contributed by atoms with E-state index in [1.54, 1.807) is 0 Å². The zero-order chi connectivity index (χ0) is 12.4. The van der Waals surface area contributed by atoms with Crippen LogP contribution >= 0.6 is 0 Å². The van der Waals surface area contributed by atoms with Crippen molar-refractivity contribution in [3.8, 4) is 0 Å². The SMILES string of the molecule is CCCCN1C(=O)C(C)(C)NCCC1(C)C. The summed E-state index contributed by atoms with van der Waals surface area (Å²) in [6.07, 6.45) is 3.24. The van der Waals surface area contributed by atoms with Gasteiger partial charge in [0, 0.05) is 12.1 Å². The van der Waals surface area contributed by atoms with Gasteiger partial charge < -0.3 is 10.2 Å². The Morgan fingerprint density at radius 1 is 1.31 bits per heavy atom. The van der Waals surface area contributed by atoms with Crippen molar-refractivity contribution < 1.29 is 4.79 Å². The second kappa shape index (κ2) is 4.74. The van der Waals surface area contributed by atoms with Crippen LogP contribution in [0.5, 0.6) is 0 Å². The summed E-state index contributed by atoms with van der Waals surface area (Å²) >= 11 is 0. The van der Waals surface area contributed by atoms with Gasteiger partial charge in [-0.25, -0.2) is 0 Å². The fourth-order valence-electron chi connectivity index (χ4n) is 2.22. The number of carbonyl (C=O) groups is 1. The molecule has 3 heteroatoms. The Labute approximate surface area is 99.6 Å². The van der Waals surface area contributed by atoms with Crippen molar-refractivity contribution in [2.45, 2.75) is 65.0 Å². The van der Waals surface area contributed by atoms with Crippen LogP contribution in [0.15, 0.2) is 0 Å². The van der Waals surface area contributed by atoms with E-state index >= 15 is 0 Å². The summed E-state index contributed by atoms with van der Waals surface area (Å²) in [6.45, 7) is 12.3. The molecule has 0 saturated carbocycles. The molecule has 1 saturated heterocycles. The quantitative estimate of drug-likeness (QED) is 0.800. The van der Waals surface area contributed by atoms with Gasteiger partial charge in [-0.05, 0) is 47.1 Å². The lowest BCUT2D eigenvalue weighted by Crippen LogP contribution is -2.55. The lowest BCUT2D eigenvalue weighted by atomic mass is 9.96. The Kier molecular flexibility index (Phi) is 4.00.